The third-order valence-electron chi connectivity index (χ3n) is 5.24. The molecule has 2 aliphatic heterocycles. The summed E-state index contributed by atoms with van der Waals surface area (Å²) in [6.07, 6.45) is 0. The Bertz CT molecular complexity index is 1010. The lowest BCUT2D eigenvalue weighted by atomic mass is 10.1. The minimum absolute atomic E-state index is 0.133. The molecular weight excluding hydrogens is 396 g/mol. The van der Waals surface area contributed by atoms with Gasteiger partial charge in [0, 0.05) is 31.3 Å². The Hall–Kier alpha value is -3.49. The third kappa shape index (κ3) is 3.47. The minimum Gasteiger partial charge on any atom is -0.457 e. The number of likely N-dealkylation sites (N-methyl/N-ethyl adjacent to an activating group) is 1. The molecule has 0 bridgehead atoms. The number of fused-ring (bicyclic) bond motifs is 1. The number of amides is 4. The van der Waals surface area contributed by atoms with Gasteiger partial charge in [-0.3, -0.25) is 14.5 Å². The number of imide groups is 1. The van der Waals surface area contributed by atoms with Crippen LogP contribution in [0, 0.1) is 11.6 Å². The van der Waals surface area contributed by atoms with Crippen LogP contribution >= 0.6 is 0 Å². The fourth-order valence-corrected chi connectivity index (χ4v) is 3.65. The number of benzene rings is 2. The molecule has 1 atom stereocenters. The van der Waals surface area contributed by atoms with E-state index in [0.717, 1.165) is 12.1 Å². The summed E-state index contributed by atoms with van der Waals surface area (Å²) < 4.78 is 31.8. The zero-order chi connectivity index (χ0) is 21.4. The lowest BCUT2D eigenvalue weighted by Crippen LogP contribution is -2.54. The number of ether oxygens (including phenoxy) is 1. The number of piperazine rings is 1. The van der Waals surface area contributed by atoms with E-state index in [9.17, 15) is 23.2 Å². The van der Waals surface area contributed by atoms with Crippen LogP contribution < -0.4 is 4.74 Å². The first kappa shape index (κ1) is 19.8. The molecule has 0 N–H and O–H groups in total. The zero-order valence-corrected chi connectivity index (χ0v) is 16.2. The summed E-state index contributed by atoms with van der Waals surface area (Å²) in [5.41, 5.74) is 0.394. The molecule has 0 aromatic heterocycles. The van der Waals surface area contributed by atoms with E-state index in [-0.39, 0.29) is 30.1 Å². The van der Waals surface area contributed by atoms with Gasteiger partial charge in [0.05, 0.1) is 6.54 Å². The van der Waals surface area contributed by atoms with E-state index < -0.39 is 17.7 Å². The van der Waals surface area contributed by atoms with Gasteiger partial charge in [-0.05, 0) is 43.3 Å². The van der Waals surface area contributed by atoms with Gasteiger partial charge >= 0.3 is 6.03 Å². The van der Waals surface area contributed by atoms with E-state index in [1.807, 2.05) is 0 Å². The predicted octanol–water partition coefficient (Wildman–Crippen LogP) is 2.87. The number of urea groups is 1. The van der Waals surface area contributed by atoms with Crippen molar-refractivity contribution in [2.24, 2.45) is 0 Å². The Morgan fingerprint density at radius 2 is 1.73 bits per heavy atom. The van der Waals surface area contributed by atoms with Crippen LogP contribution in [0.25, 0.3) is 0 Å². The molecule has 2 aliphatic rings. The van der Waals surface area contributed by atoms with E-state index in [0.29, 0.717) is 30.9 Å². The van der Waals surface area contributed by atoms with Gasteiger partial charge < -0.3 is 14.5 Å². The number of halogens is 2. The van der Waals surface area contributed by atoms with Crippen molar-refractivity contribution in [1.82, 2.24) is 14.7 Å². The molecule has 2 fully saturated rings. The third-order valence-corrected chi connectivity index (χ3v) is 5.24. The van der Waals surface area contributed by atoms with Crippen molar-refractivity contribution in [3.05, 3.63) is 59.7 Å². The molecule has 4 amide bonds. The summed E-state index contributed by atoms with van der Waals surface area (Å²) in [6, 6.07) is 8.47. The summed E-state index contributed by atoms with van der Waals surface area (Å²) in [7, 11) is 0. The maximum atomic E-state index is 13.3. The maximum absolute atomic E-state index is 13.3. The SMILES string of the molecule is CCN1C(=O)C2CN(C(=O)c3ccc(Oc4ccc(F)c(F)c4)cc3)CCN2C1=O. The van der Waals surface area contributed by atoms with Crippen LogP contribution in [0.4, 0.5) is 13.6 Å². The summed E-state index contributed by atoms with van der Waals surface area (Å²) in [6.45, 7) is 2.82. The van der Waals surface area contributed by atoms with Gasteiger partial charge in [-0.25, -0.2) is 13.6 Å². The normalized spacial score (nSPS) is 18.6. The highest BCUT2D eigenvalue weighted by atomic mass is 19.2. The largest absolute Gasteiger partial charge is 0.457 e. The quantitative estimate of drug-likeness (QED) is 0.720. The van der Waals surface area contributed by atoms with Crippen molar-refractivity contribution in [2.75, 3.05) is 26.2 Å². The Morgan fingerprint density at radius 1 is 1.03 bits per heavy atom. The van der Waals surface area contributed by atoms with Crippen molar-refractivity contribution in [3.8, 4) is 11.5 Å². The molecular formula is C21H19F2N3O4. The molecule has 156 valence electrons. The molecule has 2 saturated heterocycles. The van der Waals surface area contributed by atoms with E-state index in [2.05, 4.69) is 0 Å². The van der Waals surface area contributed by atoms with Gasteiger partial charge in [0.2, 0.25) is 0 Å². The first-order chi connectivity index (χ1) is 14.4. The first-order valence-corrected chi connectivity index (χ1v) is 9.53. The zero-order valence-electron chi connectivity index (χ0n) is 16.2. The fraction of sp³-hybridized carbons (Fsp3) is 0.286. The number of hydrogen-bond donors (Lipinski definition) is 0. The lowest BCUT2D eigenvalue weighted by molar-refractivity contribution is -0.129. The van der Waals surface area contributed by atoms with Crippen molar-refractivity contribution in [1.29, 1.82) is 0 Å². The molecule has 0 radical (unpaired) electrons. The summed E-state index contributed by atoms with van der Waals surface area (Å²) in [5.74, 6) is -2.03. The Kier molecular flexibility index (Phi) is 5.11. The molecule has 30 heavy (non-hydrogen) atoms. The molecule has 7 nitrogen and oxygen atoms in total. The van der Waals surface area contributed by atoms with Gasteiger partial charge in [-0.15, -0.1) is 0 Å². The fourth-order valence-electron chi connectivity index (χ4n) is 3.65. The van der Waals surface area contributed by atoms with Gasteiger partial charge in [0.15, 0.2) is 11.6 Å². The van der Waals surface area contributed by atoms with Gasteiger partial charge in [0.1, 0.15) is 17.5 Å². The Balaban J connectivity index is 1.43. The number of hydrogen-bond acceptors (Lipinski definition) is 4. The highest BCUT2D eigenvalue weighted by Crippen LogP contribution is 2.25. The number of carbonyl (C=O) groups excluding carboxylic acids is 3. The predicted molar refractivity (Wildman–Crippen MR) is 102 cm³/mol. The van der Waals surface area contributed by atoms with Crippen molar-refractivity contribution in [3.63, 3.8) is 0 Å². The standard InChI is InChI=1S/C21H19F2N3O4/c1-2-25-20(28)18-12-24(9-10-26(18)21(25)29)19(27)13-3-5-14(6-4-13)30-15-7-8-16(22)17(23)11-15/h3-8,11,18H,2,9-10,12H2,1H3. The Labute approximate surface area is 171 Å². The molecule has 2 aromatic rings. The highest BCUT2D eigenvalue weighted by molar-refractivity contribution is 6.05. The van der Waals surface area contributed by atoms with Crippen LogP contribution in [0.5, 0.6) is 11.5 Å². The molecule has 1 unspecified atom stereocenters. The average molecular weight is 415 g/mol. The summed E-state index contributed by atoms with van der Waals surface area (Å²) in [5, 5.41) is 0. The first-order valence-electron chi connectivity index (χ1n) is 9.53. The second-order valence-corrected chi connectivity index (χ2v) is 7.03. The van der Waals surface area contributed by atoms with Gasteiger partial charge in [0.25, 0.3) is 11.8 Å². The molecule has 2 aromatic carbocycles. The van der Waals surface area contributed by atoms with Crippen LogP contribution in [0.2, 0.25) is 0 Å². The van der Waals surface area contributed by atoms with Gasteiger partial charge in [-0.2, -0.15) is 0 Å². The van der Waals surface area contributed by atoms with Crippen LogP contribution in [-0.2, 0) is 4.79 Å². The van der Waals surface area contributed by atoms with Crippen LogP contribution in [-0.4, -0.2) is 64.8 Å². The second kappa shape index (κ2) is 7.74. The summed E-state index contributed by atoms with van der Waals surface area (Å²) >= 11 is 0. The van der Waals surface area contributed by atoms with E-state index in [1.54, 1.807) is 36.1 Å². The lowest BCUT2D eigenvalue weighted by Gasteiger charge is -2.35. The van der Waals surface area contributed by atoms with Crippen LogP contribution in [0.15, 0.2) is 42.5 Å². The van der Waals surface area contributed by atoms with Crippen molar-refractivity contribution in [2.45, 2.75) is 13.0 Å². The smallest absolute Gasteiger partial charge is 0.327 e. The van der Waals surface area contributed by atoms with E-state index in [1.165, 1.54) is 15.9 Å². The van der Waals surface area contributed by atoms with Gasteiger partial charge in [-0.1, -0.05) is 0 Å². The summed E-state index contributed by atoms with van der Waals surface area (Å²) in [4.78, 5) is 41.7. The average Bonchev–Trinajstić information content (AvgIpc) is 3.00. The van der Waals surface area contributed by atoms with Crippen LogP contribution in [0.1, 0.15) is 17.3 Å². The molecule has 4 rings (SSSR count). The van der Waals surface area contributed by atoms with E-state index >= 15 is 0 Å². The molecule has 0 spiro atoms. The minimum atomic E-state index is -1.01. The second-order valence-electron chi connectivity index (χ2n) is 7.03. The Morgan fingerprint density at radius 3 is 2.40 bits per heavy atom. The topological polar surface area (TPSA) is 70.2 Å². The monoisotopic (exact) mass is 415 g/mol. The van der Waals surface area contributed by atoms with E-state index in [4.69, 9.17) is 4.74 Å². The number of rotatable bonds is 4. The number of carbonyl (C=O) groups is 3. The molecule has 9 heteroatoms. The number of nitrogens with zero attached hydrogens (tertiary/aromatic N) is 3. The maximum Gasteiger partial charge on any atom is 0.327 e. The molecule has 2 heterocycles. The van der Waals surface area contributed by atoms with Crippen LogP contribution in [0.3, 0.4) is 0 Å². The molecule has 0 aliphatic carbocycles. The van der Waals surface area contributed by atoms with Crippen molar-refractivity contribution < 1.29 is 27.9 Å². The van der Waals surface area contributed by atoms with Crippen molar-refractivity contribution >= 4 is 17.8 Å². The highest BCUT2D eigenvalue weighted by Gasteiger charge is 2.47. The molecule has 0 saturated carbocycles.